The van der Waals surface area contributed by atoms with Crippen molar-refractivity contribution in [3.8, 4) is 0 Å². The van der Waals surface area contributed by atoms with Crippen LogP contribution in [0.5, 0.6) is 0 Å². The topological polar surface area (TPSA) is 138 Å². The molecule has 1 N–H and O–H groups in total. The predicted octanol–water partition coefficient (Wildman–Crippen LogP) is 11.4. The molecule has 12 heteroatoms. The molecule has 0 fully saturated rings. The smallest absolute Gasteiger partial charge is 0.466 e. The summed E-state index contributed by atoms with van der Waals surface area (Å²) in [5.41, 5.74) is 2.52. The van der Waals surface area contributed by atoms with Crippen LogP contribution >= 0.6 is 7.82 Å². The number of hydrogen-bond donors (Lipinski definition) is 1. The number of phosphoric ester groups is 1. The number of ether oxygens (including phenoxy) is 2. The Hall–Kier alpha value is -2.43. The third-order valence-electron chi connectivity index (χ3n) is 10.2. The molecule has 2 heterocycles. The summed E-state index contributed by atoms with van der Waals surface area (Å²) in [6, 6.07) is 4.36. The molecule has 0 amide bonds. The molecule has 0 radical (unpaired) electrons. The van der Waals surface area contributed by atoms with E-state index in [-0.39, 0.29) is 26.1 Å². The van der Waals surface area contributed by atoms with Crippen molar-refractivity contribution in [2.24, 2.45) is 0 Å². The average Bonchev–Trinajstić information content (AvgIpc) is 3.70. The highest BCUT2D eigenvalue weighted by molar-refractivity contribution is 7.47. The fraction of sp³-hybridized carbons (Fsp3) is 0.778. The number of nitrogens with zero attached hydrogens (tertiary/aromatic N) is 1. The van der Waals surface area contributed by atoms with Gasteiger partial charge < -0.3 is 28.1 Å². The van der Waals surface area contributed by atoms with Crippen molar-refractivity contribution in [3.05, 3.63) is 46.3 Å². The number of phosphoric acid groups is 1. The lowest BCUT2D eigenvalue weighted by Gasteiger charge is -2.20. The van der Waals surface area contributed by atoms with E-state index in [4.69, 9.17) is 27.4 Å². The second-order valence-electron chi connectivity index (χ2n) is 16.0. The lowest BCUT2D eigenvalue weighted by atomic mass is 10.1. The molecule has 11 nitrogen and oxygen atoms in total. The highest BCUT2D eigenvalue weighted by Gasteiger charge is 2.26. The second kappa shape index (κ2) is 30.6. The Labute approximate surface area is 344 Å². The zero-order valence-electron chi connectivity index (χ0n) is 36.5. The number of aryl methyl sites for hydroxylation is 6. The summed E-state index contributed by atoms with van der Waals surface area (Å²) < 4.78 is 45.6. The molecule has 2 atom stereocenters. The Morgan fingerprint density at radius 3 is 1.67 bits per heavy atom. The Morgan fingerprint density at radius 1 is 0.649 bits per heavy atom. The maximum atomic E-state index is 12.7. The largest absolute Gasteiger partial charge is 0.472 e. The molecule has 57 heavy (non-hydrogen) atoms. The predicted molar refractivity (Wildman–Crippen MR) is 227 cm³/mol. The van der Waals surface area contributed by atoms with Crippen molar-refractivity contribution in [3.63, 3.8) is 0 Å². The Morgan fingerprint density at radius 2 is 1.14 bits per heavy atom. The maximum absolute atomic E-state index is 12.7. The summed E-state index contributed by atoms with van der Waals surface area (Å²) in [6.45, 7) is 8.39. The minimum Gasteiger partial charge on any atom is -0.466 e. The summed E-state index contributed by atoms with van der Waals surface area (Å²) >= 11 is 0. The van der Waals surface area contributed by atoms with E-state index in [1.165, 1.54) is 43.2 Å². The molecule has 0 aliphatic rings. The van der Waals surface area contributed by atoms with Gasteiger partial charge in [0.25, 0.3) is 0 Å². The van der Waals surface area contributed by atoms with E-state index in [0.717, 1.165) is 119 Å². The van der Waals surface area contributed by atoms with Crippen LogP contribution in [0, 0.1) is 13.8 Å². The maximum Gasteiger partial charge on any atom is 0.472 e. The number of furan rings is 2. The van der Waals surface area contributed by atoms with E-state index in [1.54, 1.807) is 0 Å². The molecule has 2 rings (SSSR count). The fourth-order valence-electron chi connectivity index (χ4n) is 6.77. The summed E-state index contributed by atoms with van der Waals surface area (Å²) in [5, 5.41) is 0. The Kier molecular flexibility index (Phi) is 27.2. The number of esters is 2. The third kappa shape index (κ3) is 24.9. The van der Waals surface area contributed by atoms with Gasteiger partial charge in [-0.3, -0.25) is 18.6 Å². The molecule has 2 aromatic rings. The second-order valence-corrected chi connectivity index (χ2v) is 17.4. The van der Waals surface area contributed by atoms with Crippen LogP contribution in [-0.4, -0.2) is 68.3 Å². The van der Waals surface area contributed by atoms with Crippen molar-refractivity contribution in [2.75, 3.05) is 40.5 Å². The third-order valence-corrected chi connectivity index (χ3v) is 11.2. The van der Waals surface area contributed by atoms with Crippen molar-refractivity contribution >= 4 is 19.8 Å². The van der Waals surface area contributed by atoms with Crippen LogP contribution in [0.3, 0.4) is 0 Å². The van der Waals surface area contributed by atoms with Crippen LogP contribution in [0.4, 0.5) is 0 Å². The number of hydrogen-bond acceptors (Lipinski definition) is 10. The molecule has 2 aromatic heterocycles. The Bertz CT molecular complexity index is 1400. The van der Waals surface area contributed by atoms with E-state index < -0.39 is 32.5 Å². The highest BCUT2D eigenvalue weighted by Crippen LogP contribution is 2.43. The zero-order valence-corrected chi connectivity index (χ0v) is 37.4. The molecule has 0 spiro atoms. The first kappa shape index (κ1) is 50.7. The van der Waals surface area contributed by atoms with Gasteiger partial charge in [0.2, 0.25) is 0 Å². The van der Waals surface area contributed by atoms with Crippen LogP contribution in [0.2, 0.25) is 0 Å². The summed E-state index contributed by atoms with van der Waals surface area (Å²) in [4.78, 5) is 37.2. The normalized spacial score (nSPS) is 13.3. The van der Waals surface area contributed by atoms with Gasteiger partial charge in [0, 0.05) is 45.1 Å². The molecule has 328 valence electrons. The molecular formula is C45H78NO10P. The molecule has 0 bridgehead atoms. The first-order valence-electron chi connectivity index (χ1n) is 22.2. The summed E-state index contributed by atoms with van der Waals surface area (Å²) in [7, 11) is -0.747. The minimum atomic E-state index is -4.38. The van der Waals surface area contributed by atoms with Gasteiger partial charge in [0.15, 0.2) is 6.10 Å². The molecule has 0 saturated carbocycles. The summed E-state index contributed by atoms with van der Waals surface area (Å²) in [5.74, 6) is 3.60. The number of unbranched alkanes of at least 4 members (excludes halogenated alkanes) is 14. The van der Waals surface area contributed by atoms with E-state index in [0.29, 0.717) is 19.4 Å². The van der Waals surface area contributed by atoms with Crippen molar-refractivity contribution in [1.29, 1.82) is 0 Å². The van der Waals surface area contributed by atoms with Crippen LogP contribution < -0.4 is 0 Å². The van der Waals surface area contributed by atoms with E-state index in [9.17, 15) is 19.0 Å². The van der Waals surface area contributed by atoms with Gasteiger partial charge in [-0.05, 0) is 89.7 Å². The number of carbonyl (C=O) groups excluding carboxylic acids is 2. The molecule has 0 aliphatic heterocycles. The van der Waals surface area contributed by atoms with Gasteiger partial charge in [0.1, 0.15) is 29.6 Å². The first-order chi connectivity index (χ1) is 27.4. The van der Waals surface area contributed by atoms with Crippen LogP contribution in [-0.2, 0) is 58.4 Å². The number of rotatable bonds is 36. The molecule has 0 aliphatic carbocycles. The standard InChI is InChI=1S/C45H78NO10P/c1-7-9-20-26-40-34-38(4)43(55-40)28-22-17-14-15-18-23-29-44(47)51-35-41(36-53-57(49,50)52-32-31-46(5)6)56-45(48)30-24-19-13-11-10-12-16-21-27-42-37(3)33-39(54-42)25-8-2/h33-34,41H,7-32,35-36H2,1-6H3,(H,49,50)/t41-/m1/s1. The van der Waals surface area contributed by atoms with Gasteiger partial charge >= 0.3 is 19.8 Å². The van der Waals surface area contributed by atoms with E-state index in [1.807, 2.05) is 19.0 Å². The lowest BCUT2D eigenvalue weighted by molar-refractivity contribution is -0.161. The molecular weight excluding hydrogens is 745 g/mol. The number of carbonyl (C=O) groups is 2. The average molecular weight is 824 g/mol. The lowest BCUT2D eigenvalue weighted by Crippen LogP contribution is -2.29. The van der Waals surface area contributed by atoms with E-state index in [2.05, 4.69) is 39.8 Å². The molecule has 1 unspecified atom stereocenters. The zero-order chi connectivity index (χ0) is 41.7. The van der Waals surface area contributed by atoms with Gasteiger partial charge in [-0.2, -0.15) is 0 Å². The van der Waals surface area contributed by atoms with Crippen LogP contribution in [0.25, 0.3) is 0 Å². The molecule has 0 saturated heterocycles. The quantitative estimate of drug-likeness (QED) is 0.0399. The minimum absolute atomic E-state index is 0.00552. The van der Waals surface area contributed by atoms with Crippen molar-refractivity contribution < 1.29 is 46.4 Å². The van der Waals surface area contributed by atoms with Crippen molar-refractivity contribution in [1.82, 2.24) is 4.90 Å². The number of likely N-dealkylation sites (N-methyl/N-ethyl adjacent to an activating group) is 1. The van der Waals surface area contributed by atoms with Crippen LogP contribution in [0.1, 0.15) is 176 Å². The van der Waals surface area contributed by atoms with Gasteiger partial charge in [-0.25, -0.2) is 4.57 Å². The molecule has 0 aromatic carbocycles. The van der Waals surface area contributed by atoms with Gasteiger partial charge in [0.05, 0.1) is 13.2 Å². The fourth-order valence-corrected chi connectivity index (χ4v) is 7.51. The van der Waals surface area contributed by atoms with Gasteiger partial charge in [-0.1, -0.05) is 90.9 Å². The Balaban J connectivity index is 1.63. The monoisotopic (exact) mass is 824 g/mol. The van der Waals surface area contributed by atoms with Crippen LogP contribution in [0.15, 0.2) is 21.0 Å². The SMILES string of the molecule is CCCCCc1cc(C)c(CCCCCCCCC(=O)OC[C@H](COP(=O)(O)OCCN(C)C)OC(=O)CCCCCCCCCCc2oc(CCC)cc2C)o1. The van der Waals surface area contributed by atoms with E-state index >= 15 is 0 Å². The first-order valence-corrected chi connectivity index (χ1v) is 23.7. The highest BCUT2D eigenvalue weighted by atomic mass is 31.2. The summed E-state index contributed by atoms with van der Waals surface area (Å²) in [6.07, 6.45) is 22.5. The van der Waals surface area contributed by atoms with Gasteiger partial charge in [-0.15, -0.1) is 0 Å². The van der Waals surface area contributed by atoms with Crippen molar-refractivity contribution in [2.45, 2.75) is 188 Å².